The Balaban J connectivity index is 1.68. The number of ether oxygens (including phenoxy) is 2. The highest BCUT2D eigenvalue weighted by atomic mass is 19.2. The second-order valence-corrected chi connectivity index (χ2v) is 8.30. The van der Waals surface area contributed by atoms with Crippen molar-refractivity contribution < 1.29 is 32.6 Å². The Morgan fingerprint density at radius 1 is 1.28 bits per heavy atom. The van der Waals surface area contributed by atoms with Crippen LogP contribution in [-0.2, 0) is 14.3 Å². The molecule has 2 saturated heterocycles. The highest BCUT2D eigenvalue weighted by Gasteiger charge is 2.48. The lowest BCUT2D eigenvalue weighted by atomic mass is 9.87. The summed E-state index contributed by atoms with van der Waals surface area (Å²) in [5.41, 5.74) is -0.825. The van der Waals surface area contributed by atoms with Crippen molar-refractivity contribution in [3.05, 3.63) is 23.8 Å². The van der Waals surface area contributed by atoms with Crippen molar-refractivity contribution in [2.24, 2.45) is 5.92 Å². The fraction of sp³-hybridized carbons (Fsp3) is 0.571. The maximum absolute atomic E-state index is 14.0. The summed E-state index contributed by atoms with van der Waals surface area (Å²) in [4.78, 5) is 40.6. The van der Waals surface area contributed by atoms with E-state index in [2.05, 4.69) is 10.6 Å². The molecular formula is C21H28F2N4O5. The van der Waals surface area contributed by atoms with E-state index in [4.69, 9.17) is 9.47 Å². The molecular weight excluding hydrogens is 426 g/mol. The summed E-state index contributed by atoms with van der Waals surface area (Å²) in [7, 11) is 2.69. The summed E-state index contributed by atoms with van der Waals surface area (Å²) in [6, 6.07) is 1.77. The minimum atomic E-state index is -1.30. The van der Waals surface area contributed by atoms with Crippen molar-refractivity contribution in [2.75, 3.05) is 45.4 Å². The fourth-order valence-electron chi connectivity index (χ4n) is 4.41. The van der Waals surface area contributed by atoms with Gasteiger partial charge < -0.3 is 24.6 Å². The van der Waals surface area contributed by atoms with Gasteiger partial charge in [0.2, 0.25) is 11.7 Å². The van der Waals surface area contributed by atoms with E-state index in [0.29, 0.717) is 25.3 Å². The van der Waals surface area contributed by atoms with Crippen LogP contribution in [0, 0.1) is 17.6 Å². The minimum absolute atomic E-state index is 0.0513. The number of rotatable bonds is 7. The van der Waals surface area contributed by atoms with Crippen LogP contribution in [-0.4, -0.2) is 74.8 Å². The van der Waals surface area contributed by atoms with Crippen LogP contribution in [0.3, 0.4) is 0 Å². The Hall–Kier alpha value is -2.95. The van der Waals surface area contributed by atoms with E-state index in [1.54, 1.807) is 11.8 Å². The number of halogens is 2. The zero-order valence-corrected chi connectivity index (χ0v) is 18.5. The molecule has 9 nitrogen and oxygen atoms in total. The molecule has 3 atom stereocenters. The van der Waals surface area contributed by atoms with Crippen LogP contribution >= 0.6 is 0 Å². The summed E-state index contributed by atoms with van der Waals surface area (Å²) < 4.78 is 37.8. The van der Waals surface area contributed by atoms with Gasteiger partial charge in [0, 0.05) is 56.5 Å². The van der Waals surface area contributed by atoms with Crippen LogP contribution in [0.25, 0.3) is 0 Å². The number of anilines is 1. The molecule has 11 heteroatoms. The number of benzene rings is 1. The average Bonchev–Trinajstić information content (AvgIpc) is 3.01. The number of carbonyl (C=O) groups excluding carboxylic acids is 3. The van der Waals surface area contributed by atoms with Gasteiger partial charge in [0.25, 0.3) is 5.91 Å². The summed E-state index contributed by atoms with van der Waals surface area (Å²) in [5, 5.41) is 4.78. The fourth-order valence-corrected chi connectivity index (χ4v) is 4.41. The van der Waals surface area contributed by atoms with Crippen LogP contribution < -0.4 is 20.3 Å². The lowest BCUT2D eigenvalue weighted by Crippen LogP contribution is -2.57. The van der Waals surface area contributed by atoms with E-state index in [1.807, 2.05) is 11.8 Å². The third kappa shape index (κ3) is 4.47. The van der Waals surface area contributed by atoms with Gasteiger partial charge in [0.05, 0.1) is 13.7 Å². The highest BCUT2D eigenvalue weighted by molar-refractivity contribution is 6.07. The number of nitrogens with one attached hydrogen (secondary N) is 2. The van der Waals surface area contributed by atoms with Gasteiger partial charge >= 0.3 is 6.03 Å². The molecule has 0 aliphatic carbocycles. The molecule has 1 aromatic rings. The highest BCUT2D eigenvalue weighted by Crippen LogP contribution is 2.30. The van der Waals surface area contributed by atoms with Gasteiger partial charge in [-0.2, -0.15) is 4.39 Å². The van der Waals surface area contributed by atoms with Crippen molar-refractivity contribution >= 4 is 23.5 Å². The van der Waals surface area contributed by atoms with Gasteiger partial charge in [0.15, 0.2) is 11.6 Å². The van der Waals surface area contributed by atoms with Crippen molar-refractivity contribution in [2.45, 2.75) is 31.8 Å². The molecule has 1 aromatic carbocycles. The number of carbonyl (C=O) groups is 3. The standard InChI is InChI=1S/C21H28F2N4O5/c1-12(9-21(11-31-3)19(29)24-20(30)25-21)18(28)26-5-6-27(13(2)10-26)14-7-15(22)17(23)16(8-14)32-4/h7-8,12-13H,5-6,9-11H2,1-4H3,(H2,24,25,29,30)/t12-,13-,21-/m0/s1. The van der Waals surface area contributed by atoms with Gasteiger partial charge in [-0.25, -0.2) is 9.18 Å². The predicted molar refractivity (Wildman–Crippen MR) is 111 cm³/mol. The molecule has 176 valence electrons. The topological polar surface area (TPSA) is 100 Å². The number of hydrogen-bond acceptors (Lipinski definition) is 6. The van der Waals surface area contributed by atoms with Gasteiger partial charge in [-0.15, -0.1) is 0 Å². The Morgan fingerprint density at radius 2 is 2.00 bits per heavy atom. The molecule has 0 unspecified atom stereocenters. The third-order valence-corrected chi connectivity index (χ3v) is 5.95. The first-order chi connectivity index (χ1) is 15.1. The summed E-state index contributed by atoms with van der Waals surface area (Å²) in [6.07, 6.45) is 0.0895. The van der Waals surface area contributed by atoms with Crippen LogP contribution in [0.2, 0.25) is 0 Å². The normalized spacial score (nSPS) is 24.2. The van der Waals surface area contributed by atoms with E-state index < -0.39 is 35.0 Å². The Labute approximate surface area is 185 Å². The maximum Gasteiger partial charge on any atom is 0.322 e. The summed E-state index contributed by atoms with van der Waals surface area (Å²) >= 11 is 0. The monoisotopic (exact) mass is 454 g/mol. The maximum atomic E-state index is 14.0. The molecule has 2 fully saturated rings. The van der Waals surface area contributed by atoms with Crippen LogP contribution in [0.5, 0.6) is 5.75 Å². The van der Waals surface area contributed by atoms with Crippen LogP contribution in [0.15, 0.2) is 12.1 Å². The van der Waals surface area contributed by atoms with E-state index >= 15 is 0 Å². The van der Waals surface area contributed by atoms with Crippen molar-refractivity contribution in [3.63, 3.8) is 0 Å². The van der Waals surface area contributed by atoms with E-state index in [-0.39, 0.29) is 30.7 Å². The second kappa shape index (κ2) is 9.27. The molecule has 32 heavy (non-hydrogen) atoms. The number of imide groups is 1. The minimum Gasteiger partial charge on any atom is -0.493 e. The molecule has 2 heterocycles. The smallest absolute Gasteiger partial charge is 0.322 e. The lowest BCUT2D eigenvalue weighted by molar-refractivity contribution is -0.137. The van der Waals surface area contributed by atoms with Crippen molar-refractivity contribution in [3.8, 4) is 5.75 Å². The van der Waals surface area contributed by atoms with Crippen molar-refractivity contribution in [1.29, 1.82) is 0 Å². The average molecular weight is 454 g/mol. The Kier molecular flexibility index (Phi) is 6.87. The van der Waals surface area contributed by atoms with E-state index in [0.717, 1.165) is 6.07 Å². The zero-order valence-electron chi connectivity index (χ0n) is 18.5. The van der Waals surface area contributed by atoms with E-state index in [9.17, 15) is 23.2 Å². The molecule has 0 saturated carbocycles. The van der Waals surface area contributed by atoms with Crippen LogP contribution in [0.1, 0.15) is 20.3 Å². The zero-order chi connectivity index (χ0) is 23.6. The molecule has 0 bridgehead atoms. The number of amides is 4. The van der Waals surface area contributed by atoms with Gasteiger partial charge in [-0.1, -0.05) is 6.92 Å². The summed E-state index contributed by atoms with van der Waals surface area (Å²) in [5.74, 6) is -3.46. The molecule has 2 N–H and O–H groups in total. The molecule has 3 rings (SSSR count). The first kappa shape index (κ1) is 23.7. The van der Waals surface area contributed by atoms with Crippen LogP contribution in [0.4, 0.5) is 19.3 Å². The first-order valence-electron chi connectivity index (χ1n) is 10.3. The van der Waals surface area contributed by atoms with E-state index in [1.165, 1.54) is 20.3 Å². The number of nitrogens with zero attached hydrogens (tertiary/aromatic N) is 2. The quantitative estimate of drug-likeness (QED) is 0.602. The Bertz CT molecular complexity index is 914. The van der Waals surface area contributed by atoms with Gasteiger partial charge in [-0.05, 0) is 13.3 Å². The molecule has 0 spiro atoms. The molecule has 2 aliphatic rings. The summed E-state index contributed by atoms with van der Waals surface area (Å²) in [6.45, 7) is 4.67. The number of piperazine rings is 1. The molecule has 0 radical (unpaired) electrons. The Morgan fingerprint density at radius 3 is 2.56 bits per heavy atom. The lowest BCUT2D eigenvalue weighted by Gasteiger charge is -2.42. The second-order valence-electron chi connectivity index (χ2n) is 8.30. The number of methoxy groups -OCH3 is 2. The third-order valence-electron chi connectivity index (χ3n) is 5.95. The van der Waals surface area contributed by atoms with Crippen molar-refractivity contribution in [1.82, 2.24) is 15.5 Å². The molecule has 0 aromatic heterocycles. The predicted octanol–water partition coefficient (Wildman–Crippen LogP) is 1.26. The number of hydrogen-bond donors (Lipinski definition) is 2. The number of urea groups is 1. The van der Waals surface area contributed by atoms with Gasteiger partial charge in [-0.3, -0.25) is 14.9 Å². The molecule has 4 amide bonds. The molecule has 2 aliphatic heterocycles. The first-order valence-corrected chi connectivity index (χ1v) is 10.3. The SMILES string of the molecule is COC[C@]1(C[C@H](C)C(=O)N2CCN(c3cc(F)c(F)c(OC)c3)[C@@H](C)C2)NC(=O)NC1=O. The van der Waals surface area contributed by atoms with Gasteiger partial charge in [0.1, 0.15) is 5.54 Å². The largest absolute Gasteiger partial charge is 0.493 e.